The molecule has 1 rings (SSSR count). The summed E-state index contributed by atoms with van der Waals surface area (Å²) < 4.78 is 37.1. The van der Waals surface area contributed by atoms with Gasteiger partial charge in [-0.2, -0.15) is 13.2 Å². The quantitative estimate of drug-likeness (QED) is 0.476. The average Bonchev–Trinajstić information content (AvgIpc) is 2.25. The molecule has 0 aliphatic heterocycles. The van der Waals surface area contributed by atoms with Crippen LogP contribution in [0.15, 0.2) is 17.0 Å². The highest BCUT2D eigenvalue weighted by molar-refractivity contribution is 7.98. The summed E-state index contributed by atoms with van der Waals surface area (Å²) in [6.45, 7) is 1.53. The molecule has 0 fully saturated rings. The molecule has 2 nitrogen and oxygen atoms in total. The van der Waals surface area contributed by atoms with Crippen molar-refractivity contribution < 1.29 is 22.8 Å². The Kier molecular flexibility index (Phi) is 3.98. The van der Waals surface area contributed by atoms with Gasteiger partial charge in [-0.05, 0) is 30.9 Å². The highest BCUT2D eigenvalue weighted by atomic mass is 32.2. The van der Waals surface area contributed by atoms with Crippen molar-refractivity contribution in [1.82, 2.24) is 0 Å². The molecule has 0 aliphatic carbocycles. The standard InChI is InChI=1S/C11H9F3O2S/c1-6-3-7(5-15)9(17-2)8(4-6)10(16)11(12,13)14/h3-5H,1-2H3. The molecule has 0 spiro atoms. The second-order valence-corrected chi connectivity index (χ2v) is 4.20. The van der Waals surface area contributed by atoms with Crippen LogP contribution in [0, 0.1) is 6.92 Å². The first-order valence-electron chi connectivity index (χ1n) is 4.56. The summed E-state index contributed by atoms with van der Waals surface area (Å²) in [6, 6.07) is 2.60. The van der Waals surface area contributed by atoms with Gasteiger partial charge < -0.3 is 0 Å². The minimum Gasteiger partial charge on any atom is -0.298 e. The van der Waals surface area contributed by atoms with Crippen LogP contribution in [0.25, 0.3) is 0 Å². The molecule has 0 bridgehead atoms. The Morgan fingerprint density at radius 3 is 2.35 bits per heavy atom. The molecule has 1 aromatic carbocycles. The highest BCUT2D eigenvalue weighted by Gasteiger charge is 2.40. The van der Waals surface area contributed by atoms with Gasteiger partial charge in [-0.25, -0.2) is 0 Å². The smallest absolute Gasteiger partial charge is 0.298 e. The maximum absolute atomic E-state index is 12.4. The summed E-state index contributed by atoms with van der Waals surface area (Å²) >= 11 is 0.948. The molecular weight excluding hydrogens is 253 g/mol. The van der Waals surface area contributed by atoms with Crippen molar-refractivity contribution in [2.24, 2.45) is 0 Å². The lowest BCUT2D eigenvalue weighted by Gasteiger charge is -2.12. The molecular formula is C11H9F3O2S. The van der Waals surface area contributed by atoms with E-state index < -0.39 is 17.5 Å². The van der Waals surface area contributed by atoms with E-state index >= 15 is 0 Å². The van der Waals surface area contributed by atoms with Crippen molar-refractivity contribution in [3.05, 3.63) is 28.8 Å². The van der Waals surface area contributed by atoms with Crippen LogP contribution >= 0.6 is 11.8 Å². The number of rotatable bonds is 3. The van der Waals surface area contributed by atoms with Crippen LogP contribution in [0.3, 0.4) is 0 Å². The third kappa shape index (κ3) is 2.88. The Bertz CT molecular complexity index is 467. The van der Waals surface area contributed by atoms with Crippen molar-refractivity contribution in [2.75, 3.05) is 6.26 Å². The summed E-state index contributed by atoms with van der Waals surface area (Å²) in [6.07, 6.45) is -2.96. The SMILES string of the molecule is CSc1c(C=O)cc(C)cc1C(=O)C(F)(F)F. The minimum absolute atomic E-state index is 0.0629. The molecule has 92 valence electrons. The first kappa shape index (κ1) is 13.8. The topological polar surface area (TPSA) is 34.1 Å². The number of halogens is 3. The van der Waals surface area contributed by atoms with Gasteiger partial charge in [0.1, 0.15) is 0 Å². The van der Waals surface area contributed by atoms with Gasteiger partial charge in [0.15, 0.2) is 6.29 Å². The Morgan fingerprint density at radius 2 is 1.94 bits per heavy atom. The van der Waals surface area contributed by atoms with E-state index in [-0.39, 0.29) is 10.5 Å². The molecule has 0 amide bonds. The normalized spacial score (nSPS) is 11.4. The summed E-state index contributed by atoms with van der Waals surface area (Å²) in [5, 5.41) is 0. The van der Waals surface area contributed by atoms with Gasteiger partial charge in [0.25, 0.3) is 5.78 Å². The van der Waals surface area contributed by atoms with Crippen LogP contribution in [0.4, 0.5) is 13.2 Å². The summed E-state index contributed by atoms with van der Waals surface area (Å²) in [5.41, 5.74) is 0.0784. The number of benzene rings is 1. The maximum Gasteiger partial charge on any atom is 0.454 e. The lowest BCUT2D eigenvalue weighted by atomic mass is 10.0. The largest absolute Gasteiger partial charge is 0.454 e. The van der Waals surface area contributed by atoms with Crippen LogP contribution in [0.1, 0.15) is 26.3 Å². The molecule has 0 radical (unpaired) electrons. The van der Waals surface area contributed by atoms with Crippen molar-refractivity contribution in [3.8, 4) is 0 Å². The van der Waals surface area contributed by atoms with Gasteiger partial charge in [-0.1, -0.05) is 0 Å². The van der Waals surface area contributed by atoms with Gasteiger partial charge >= 0.3 is 6.18 Å². The van der Waals surface area contributed by atoms with Gasteiger partial charge in [-0.3, -0.25) is 9.59 Å². The Labute approximate surface area is 100 Å². The molecule has 1 aromatic rings. The Morgan fingerprint density at radius 1 is 1.35 bits per heavy atom. The number of thioether (sulfide) groups is 1. The zero-order valence-corrected chi connectivity index (χ0v) is 9.91. The highest BCUT2D eigenvalue weighted by Crippen LogP contribution is 2.31. The molecule has 0 atom stereocenters. The second-order valence-electron chi connectivity index (χ2n) is 3.38. The fourth-order valence-corrected chi connectivity index (χ4v) is 2.15. The Balaban J connectivity index is 3.47. The molecule has 0 saturated carbocycles. The van der Waals surface area contributed by atoms with E-state index in [1.165, 1.54) is 19.2 Å². The molecule has 0 N–H and O–H groups in total. The van der Waals surface area contributed by atoms with Crippen molar-refractivity contribution >= 4 is 23.8 Å². The second kappa shape index (κ2) is 4.91. The van der Waals surface area contributed by atoms with E-state index in [4.69, 9.17) is 0 Å². The van der Waals surface area contributed by atoms with Crippen LogP contribution in [-0.2, 0) is 0 Å². The molecule has 0 saturated heterocycles. The zero-order valence-electron chi connectivity index (χ0n) is 9.09. The van der Waals surface area contributed by atoms with E-state index in [1.54, 1.807) is 0 Å². The van der Waals surface area contributed by atoms with Crippen LogP contribution in [0.5, 0.6) is 0 Å². The molecule has 17 heavy (non-hydrogen) atoms. The third-order valence-electron chi connectivity index (χ3n) is 2.10. The molecule has 0 unspecified atom stereocenters. The number of hydrogen-bond donors (Lipinski definition) is 0. The van der Waals surface area contributed by atoms with E-state index in [9.17, 15) is 22.8 Å². The summed E-state index contributed by atoms with van der Waals surface area (Å²) in [4.78, 5) is 22.0. The molecule has 0 aromatic heterocycles. The number of carbonyl (C=O) groups excluding carboxylic acids is 2. The monoisotopic (exact) mass is 262 g/mol. The first-order chi connectivity index (χ1) is 7.81. The zero-order chi connectivity index (χ0) is 13.2. The lowest BCUT2D eigenvalue weighted by molar-refractivity contribution is -0.0887. The van der Waals surface area contributed by atoms with Gasteiger partial charge in [0.2, 0.25) is 0 Å². The number of carbonyl (C=O) groups is 2. The predicted molar refractivity (Wildman–Crippen MR) is 58.7 cm³/mol. The summed E-state index contributed by atoms with van der Waals surface area (Å²) in [7, 11) is 0. The van der Waals surface area contributed by atoms with Crippen LogP contribution in [-0.4, -0.2) is 24.5 Å². The van der Waals surface area contributed by atoms with E-state index in [1.807, 2.05) is 0 Å². The van der Waals surface area contributed by atoms with E-state index in [2.05, 4.69) is 0 Å². The summed E-state index contributed by atoms with van der Waals surface area (Å²) in [5.74, 6) is -1.92. The number of aldehydes is 1. The minimum atomic E-state index is -4.93. The molecule has 0 heterocycles. The first-order valence-corrected chi connectivity index (χ1v) is 5.79. The van der Waals surface area contributed by atoms with Crippen molar-refractivity contribution in [1.29, 1.82) is 0 Å². The fraction of sp³-hybridized carbons (Fsp3) is 0.273. The Hall–Kier alpha value is -1.30. The van der Waals surface area contributed by atoms with Crippen molar-refractivity contribution in [3.63, 3.8) is 0 Å². The number of aryl methyl sites for hydroxylation is 1. The van der Waals surface area contributed by atoms with E-state index in [0.717, 1.165) is 17.8 Å². The fourth-order valence-electron chi connectivity index (χ4n) is 1.44. The van der Waals surface area contributed by atoms with E-state index in [0.29, 0.717) is 11.8 Å². The number of ketones is 1. The van der Waals surface area contributed by atoms with Crippen LogP contribution in [0.2, 0.25) is 0 Å². The van der Waals surface area contributed by atoms with Gasteiger partial charge in [0.05, 0.1) is 0 Å². The number of alkyl halides is 3. The van der Waals surface area contributed by atoms with Gasteiger partial charge in [0, 0.05) is 16.0 Å². The van der Waals surface area contributed by atoms with Crippen molar-refractivity contribution in [2.45, 2.75) is 18.0 Å². The predicted octanol–water partition coefficient (Wildman–Crippen LogP) is 3.27. The average molecular weight is 262 g/mol. The molecule has 0 aliphatic rings. The number of hydrogen-bond acceptors (Lipinski definition) is 3. The maximum atomic E-state index is 12.4. The van der Waals surface area contributed by atoms with Gasteiger partial charge in [-0.15, -0.1) is 11.8 Å². The molecule has 6 heteroatoms. The van der Waals surface area contributed by atoms with Crippen LogP contribution < -0.4 is 0 Å². The third-order valence-corrected chi connectivity index (χ3v) is 2.96. The lowest BCUT2D eigenvalue weighted by Crippen LogP contribution is -2.23. The number of Topliss-reactive ketones (excluding diaryl/α,β-unsaturated/α-hetero) is 1.